The highest BCUT2D eigenvalue weighted by molar-refractivity contribution is 7.16. The summed E-state index contributed by atoms with van der Waals surface area (Å²) in [4.78, 5) is 20.7. The first-order valence-electron chi connectivity index (χ1n) is 6.07. The first kappa shape index (κ1) is 13.5. The van der Waals surface area contributed by atoms with Crippen LogP contribution in [0.5, 0.6) is 0 Å². The molecule has 7 heteroatoms. The fraction of sp³-hybridized carbons (Fsp3) is 0.417. The van der Waals surface area contributed by atoms with E-state index in [9.17, 15) is 4.79 Å². The van der Waals surface area contributed by atoms with Crippen molar-refractivity contribution in [1.82, 2.24) is 15.3 Å². The van der Waals surface area contributed by atoms with Gasteiger partial charge in [0.2, 0.25) is 11.9 Å². The van der Waals surface area contributed by atoms with E-state index in [1.165, 1.54) is 11.3 Å². The number of anilines is 2. The van der Waals surface area contributed by atoms with Gasteiger partial charge < -0.3 is 16.4 Å². The van der Waals surface area contributed by atoms with Crippen LogP contribution in [0, 0.1) is 5.92 Å². The molecule has 0 aromatic carbocycles. The van der Waals surface area contributed by atoms with Crippen LogP contribution in [0.25, 0.3) is 10.2 Å². The lowest BCUT2D eigenvalue weighted by Gasteiger charge is -2.09. The number of rotatable bonds is 5. The summed E-state index contributed by atoms with van der Waals surface area (Å²) in [6.07, 6.45) is 0. The van der Waals surface area contributed by atoms with E-state index >= 15 is 0 Å². The SMILES string of the molecule is CC(C)CNC(=O)CNc1nc(N)nc2sccc12. The van der Waals surface area contributed by atoms with Crippen molar-refractivity contribution in [3.05, 3.63) is 11.4 Å². The Morgan fingerprint density at radius 3 is 3.00 bits per heavy atom. The predicted octanol–water partition coefficient (Wildman–Crippen LogP) is 1.46. The average molecular weight is 279 g/mol. The van der Waals surface area contributed by atoms with Crippen molar-refractivity contribution in [3.8, 4) is 0 Å². The molecular weight excluding hydrogens is 262 g/mol. The van der Waals surface area contributed by atoms with Gasteiger partial charge in [0.25, 0.3) is 0 Å². The number of hydrogen-bond donors (Lipinski definition) is 3. The maximum absolute atomic E-state index is 11.6. The molecule has 0 spiro atoms. The van der Waals surface area contributed by atoms with Crippen LogP contribution in [0.15, 0.2) is 11.4 Å². The number of fused-ring (bicyclic) bond motifs is 1. The van der Waals surface area contributed by atoms with Crippen molar-refractivity contribution in [3.63, 3.8) is 0 Å². The third-order valence-corrected chi connectivity index (χ3v) is 3.27. The zero-order valence-corrected chi connectivity index (χ0v) is 11.8. The van der Waals surface area contributed by atoms with Gasteiger partial charge in [-0.2, -0.15) is 4.98 Å². The third-order valence-electron chi connectivity index (χ3n) is 2.47. The molecular formula is C12H17N5OS. The van der Waals surface area contributed by atoms with Gasteiger partial charge in [0.1, 0.15) is 10.6 Å². The number of nitrogens with zero attached hydrogens (tertiary/aromatic N) is 2. The first-order chi connectivity index (χ1) is 9.06. The summed E-state index contributed by atoms with van der Waals surface area (Å²) in [5.74, 6) is 1.18. The highest BCUT2D eigenvalue weighted by atomic mass is 32.1. The van der Waals surface area contributed by atoms with Gasteiger partial charge in [0, 0.05) is 6.54 Å². The van der Waals surface area contributed by atoms with Gasteiger partial charge in [0.05, 0.1) is 11.9 Å². The normalized spacial score (nSPS) is 10.9. The molecule has 0 saturated heterocycles. The maximum Gasteiger partial charge on any atom is 0.239 e. The molecule has 2 heterocycles. The average Bonchev–Trinajstić information content (AvgIpc) is 2.81. The number of thiophene rings is 1. The molecule has 0 aliphatic carbocycles. The first-order valence-corrected chi connectivity index (χ1v) is 6.95. The van der Waals surface area contributed by atoms with E-state index in [-0.39, 0.29) is 18.4 Å². The molecule has 4 N–H and O–H groups in total. The molecule has 2 rings (SSSR count). The van der Waals surface area contributed by atoms with E-state index in [4.69, 9.17) is 5.73 Å². The maximum atomic E-state index is 11.6. The zero-order valence-electron chi connectivity index (χ0n) is 10.9. The number of carbonyl (C=O) groups is 1. The van der Waals surface area contributed by atoms with Crippen molar-refractivity contribution in [2.45, 2.75) is 13.8 Å². The van der Waals surface area contributed by atoms with Crippen LogP contribution >= 0.6 is 11.3 Å². The van der Waals surface area contributed by atoms with Crippen LogP contribution in [0.2, 0.25) is 0 Å². The van der Waals surface area contributed by atoms with Crippen LogP contribution in [0.1, 0.15) is 13.8 Å². The Morgan fingerprint density at radius 1 is 1.47 bits per heavy atom. The molecule has 6 nitrogen and oxygen atoms in total. The summed E-state index contributed by atoms with van der Waals surface area (Å²) >= 11 is 1.49. The Morgan fingerprint density at radius 2 is 2.26 bits per heavy atom. The molecule has 2 aromatic heterocycles. The number of carbonyl (C=O) groups excluding carboxylic acids is 1. The minimum atomic E-state index is -0.0609. The summed E-state index contributed by atoms with van der Waals surface area (Å²) < 4.78 is 0. The minimum Gasteiger partial charge on any atom is -0.368 e. The topological polar surface area (TPSA) is 92.9 Å². The number of hydrogen-bond acceptors (Lipinski definition) is 6. The fourth-order valence-corrected chi connectivity index (χ4v) is 2.32. The summed E-state index contributed by atoms with van der Waals surface area (Å²) in [5.41, 5.74) is 5.63. The second-order valence-electron chi connectivity index (χ2n) is 4.62. The van der Waals surface area contributed by atoms with E-state index in [0.29, 0.717) is 18.3 Å². The summed E-state index contributed by atoms with van der Waals surface area (Å²) in [7, 11) is 0. The molecule has 1 amide bonds. The van der Waals surface area contributed by atoms with Crippen LogP contribution < -0.4 is 16.4 Å². The van der Waals surface area contributed by atoms with Gasteiger partial charge in [-0.25, -0.2) is 4.98 Å². The smallest absolute Gasteiger partial charge is 0.239 e. The molecule has 2 aromatic rings. The Labute approximate surface area is 115 Å². The lowest BCUT2D eigenvalue weighted by molar-refractivity contribution is -0.119. The third kappa shape index (κ3) is 3.54. The second-order valence-corrected chi connectivity index (χ2v) is 5.52. The number of amides is 1. The van der Waals surface area contributed by atoms with E-state index in [0.717, 1.165) is 10.2 Å². The molecule has 102 valence electrons. The fourth-order valence-electron chi connectivity index (χ4n) is 1.55. The van der Waals surface area contributed by atoms with Crippen molar-refractivity contribution in [1.29, 1.82) is 0 Å². The lowest BCUT2D eigenvalue weighted by atomic mass is 10.2. The Bertz CT molecular complexity index is 581. The molecule has 0 aliphatic rings. The summed E-state index contributed by atoms with van der Waals surface area (Å²) in [6, 6.07) is 1.91. The minimum absolute atomic E-state index is 0.0609. The number of aromatic nitrogens is 2. The van der Waals surface area contributed by atoms with Gasteiger partial charge in [-0.05, 0) is 17.4 Å². The quantitative estimate of drug-likeness (QED) is 0.770. The van der Waals surface area contributed by atoms with Gasteiger partial charge in [-0.3, -0.25) is 4.79 Å². The van der Waals surface area contributed by atoms with E-state index in [2.05, 4.69) is 20.6 Å². The number of nitrogens with one attached hydrogen (secondary N) is 2. The van der Waals surface area contributed by atoms with Gasteiger partial charge in [-0.1, -0.05) is 13.8 Å². The van der Waals surface area contributed by atoms with E-state index < -0.39 is 0 Å². The van der Waals surface area contributed by atoms with Gasteiger partial charge in [-0.15, -0.1) is 11.3 Å². The van der Waals surface area contributed by atoms with Crippen molar-refractivity contribution in [2.24, 2.45) is 5.92 Å². The Balaban J connectivity index is 2.01. The van der Waals surface area contributed by atoms with E-state index in [1.807, 2.05) is 25.3 Å². The molecule has 0 unspecified atom stereocenters. The molecule has 0 bridgehead atoms. The van der Waals surface area contributed by atoms with Gasteiger partial charge in [0.15, 0.2) is 0 Å². The van der Waals surface area contributed by atoms with Crippen molar-refractivity contribution in [2.75, 3.05) is 24.1 Å². The highest BCUT2D eigenvalue weighted by Crippen LogP contribution is 2.25. The summed E-state index contributed by atoms with van der Waals surface area (Å²) in [5, 5.41) is 8.64. The Kier molecular flexibility index (Phi) is 4.16. The summed E-state index contributed by atoms with van der Waals surface area (Å²) in [6.45, 7) is 4.94. The van der Waals surface area contributed by atoms with E-state index in [1.54, 1.807) is 0 Å². The molecule has 0 saturated carbocycles. The van der Waals surface area contributed by atoms with Crippen LogP contribution in [0.4, 0.5) is 11.8 Å². The second kappa shape index (κ2) is 5.83. The number of nitrogen functional groups attached to an aromatic ring is 1. The molecule has 19 heavy (non-hydrogen) atoms. The van der Waals surface area contributed by atoms with Crippen LogP contribution in [0.3, 0.4) is 0 Å². The largest absolute Gasteiger partial charge is 0.368 e. The standard InChI is InChI=1S/C12H17N5OS/c1-7(2)5-14-9(18)6-15-10-8-3-4-19-11(8)17-12(13)16-10/h3-4,7H,5-6H2,1-2H3,(H,14,18)(H3,13,15,16,17). The lowest BCUT2D eigenvalue weighted by Crippen LogP contribution is -2.32. The molecule has 0 atom stereocenters. The van der Waals surface area contributed by atoms with Crippen LogP contribution in [-0.4, -0.2) is 29.0 Å². The van der Waals surface area contributed by atoms with Crippen LogP contribution in [-0.2, 0) is 4.79 Å². The monoisotopic (exact) mass is 279 g/mol. The number of nitrogens with two attached hydrogens (primary N) is 1. The molecule has 0 radical (unpaired) electrons. The Hall–Kier alpha value is -1.89. The molecule has 0 aliphatic heterocycles. The highest BCUT2D eigenvalue weighted by Gasteiger charge is 2.09. The van der Waals surface area contributed by atoms with Crippen molar-refractivity contribution < 1.29 is 4.79 Å². The van der Waals surface area contributed by atoms with Crippen molar-refractivity contribution >= 4 is 39.2 Å². The van der Waals surface area contributed by atoms with Gasteiger partial charge >= 0.3 is 0 Å². The predicted molar refractivity (Wildman–Crippen MR) is 78.2 cm³/mol. The molecule has 0 fully saturated rings. The zero-order chi connectivity index (χ0) is 13.8.